The van der Waals surface area contributed by atoms with E-state index in [9.17, 15) is 14.4 Å². The first kappa shape index (κ1) is 15.7. The number of nitrogens with one attached hydrogen (secondary N) is 2. The van der Waals surface area contributed by atoms with Crippen LogP contribution in [-0.4, -0.2) is 15.5 Å². The number of para-hydroxylation sites is 1. The average Bonchev–Trinajstić information content (AvgIpc) is 2.59. The number of fused-ring (bicyclic) bond motifs is 1. The van der Waals surface area contributed by atoms with Gasteiger partial charge in [0.15, 0.2) is 0 Å². The second-order valence-electron chi connectivity index (χ2n) is 5.46. The van der Waals surface area contributed by atoms with Crippen LogP contribution in [0.3, 0.4) is 0 Å². The van der Waals surface area contributed by atoms with E-state index < -0.39 is 11.2 Å². The van der Waals surface area contributed by atoms with Crippen LogP contribution in [0.4, 0.5) is 5.69 Å². The van der Waals surface area contributed by atoms with Crippen LogP contribution in [0.2, 0.25) is 0 Å². The van der Waals surface area contributed by atoms with Crippen LogP contribution in [0.25, 0.3) is 10.9 Å². The molecule has 6 nitrogen and oxygen atoms in total. The predicted octanol–water partition coefficient (Wildman–Crippen LogP) is 1.89. The highest BCUT2D eigenvalue weighted by atomic mass is 16.2. The Balaban J connectivity index is 1.88. The first-order valence-electron chi connectivity index (χ1n) is 7.69. The zero-order valence-corrected chi connectivity index (χ0v) is 13.2. The fourth-order valence-corrected chi connectivity index (χ4v) is 2.57. The summed E-state index contributed by atoms with van der Waals surface area (Å²) in [5.74, 6) is -0.335. The van der Waals surface area contributed by atoms with Gasteiger partial charge in [0, 0.05) is 5.69 Å². The molecule has 0 saturated heterocycles. The Labute approximate surface area is 137 Å². The summed E-state index contributed by atoms with van der Waals surface area (Å²) in [7, 11) is 0. The van der Waals surface area contributed by atoms with Crippen molar-refractivity contribution >= 4 is 22.5 Å². The number of carbonyl (C=O) groups excluding carboxylic acids is 1. The smallest absolute Gasteiger partial charge is 0.325 e. The van der Waals surface area contributed by atoms with Gasteiger partial charge in [-0.15, -0.1) is 0 Å². The van der Waals surface area contributed by atoms with Crippen molar-refractivity contribution in [3.63, 3.8) is 0 Å². The maximum absolute atomic E-state index is 12.3. The molecular weight excluding hydrogens is 306 g/mol. The minimum atomic E-state index is -0.602. The second kappa shape index (κ2) is 6.54. The van der Waals surface area contributed by atoms with Crippen LogP contribution in [0, 0.1) is 0 Å². The van der Waals surface area contributed by atoms with Gasteiger partial charge in [0.1, 0.15) is 6.54 Å². The number of anilines is 1. The molecule has 1 amide bonds. The Morgan fingerprint density at radius 3 is 2.50 bits per heavy atom. The van der Waals surface area contributed by atoms with Crippen molar-refractivity contribution in [3.05, 3.63) is 74.9 Å². The molecule has 1 aromatic heterocycles. The highest BCUT2D eigenvalue weighted by Gasteiger charge is 2.10. The van der Waals surface area contributed by atoms with E-state index in [0.717, 1.165) is 6.42 Å². The standard InChI is InChI=1S/C18H17N3O3/c1-2-12-7-9-13(10-8-12)19-16(22)11-21-15-6-4-3-5-14(15)17(23)20-18(21)24/h3-10H,2,11H2,1H3,(H,19,22)(H,20,23,24). The number of rotatable bonds is 4. The van der Waals surface area contributed by atoms with Gasteiger partial charge in [0.25, 0.3) is 5.56 Å². The number of benzene rings is 2. The summed E-state index contributed by atoms with van der Waals surface area (Å²) < 4.78 is 1.26. The van der Waals surface area contributed by atoms with Crippen molar-refractivity contribution in [1.29, 1.82) is 0 Å². The van der Waals surface area contributed by atoms with E-state index in [1.807, 2.05) is 24.3 Å². The molecule has 3 aromatic rings. The fraction of sp³-hybridized carbons (Fsp3) is 0.167. The van der Waals surface area contributed by atoms with Gasteiger partial charge in [-0.1, -0.05) is 31.2 Å². The first-order valence-corrected chi connectivity index (χ1v) is 7.69. The van der Waals surface area contributed by atoms with Crippen LogP contribution in [0.15, 0.2) is 58.1 Å². The molecule has 1 heterocycles. The van der Waals surface area contributed by atoms with E-state index in [4.69, 9.17) is 0 Å². The Morgan fingerprint density at radius 2 is 1.79 bits per heavy atom. The van der Waals surface area contributed by atoms with Gasteiger partial charge in [-0.25, -0.2) is 4.79 Å². The zero-order chi connectivity index (χ0) is 17.1. The van der Waals surface area contributed by atoms with Crippen LogP contribution < -0.4 is 16.6 Å². The lowest BCUT2D eigenvalue weighted by atomic mass is 10.1. The van der Waals surface area contributed by atoms with Crippen LogP contribution in [0.1, 0.15) is 12.5 Å². The number of aryl methyl sites for hydroxylation is 1. The summed E-state index contributed by atoms with van der Waals surface area (Å²) >= 11 is 0. The number of amides is 1. The molecule has 122 valence electrons. The summed E-state index contributed by atoms with van der Waals surface area (Å²) in [5.41, 5.74) is 1.22. The fourth-order valence-electron chi connectivity index (χ4n) is 2.57. The van der Waals surface area contributed by atoms with Gasteiger partial charge in [0.05, 0.1) is 10.9 Å². The summed E-state index contributed by atoms with van der Waals surface area (Å²) in [6, 6.07) is 14.2. The van der Waals surface area contributed by atoms with E-state index in [0.29, 0.717) is 16.6 Å². The SMILES string of the molecule is CCc1ccc(NC(=O)Cn2c(=O)[nH]c(=O)c3ccccc32)cc1. The lowest BCUT2D eigenvalue weighted by molar-refractivity contribution is -0.116. The lowest BCUT2D eigenvalue weighted by Gasteiger charge is -2.10. The number of carbonyl (C=O) groups is 1. The van der Waals surface area contributed by atoms with Gasteiger partial charge in [-0.2, -0.15) is 0 Å². The Bertz CT molecular complexity index is 1000. The third-order valence-electron chi connectivity index (χ3n) is 3.85. The molecule has 2 aromatic carbocycles. The molecule has 6 heteroatoms. The molecule has 24 heavy (non-hydrogen) atoms. The molecule has 0 aliphatic carbocycles. The number of nitrogens with zero attached hydrogens (tertiary/aromatic N) is 1. The molecule has 0 fully saturated rings. The van der Waals surface area contributed by atoms with Crippen molar-refractivity contribution in [3.8, 4) is 0 Å². The highest BCUT2D eigenvalue weighted by Crippen LogP contribution is 2.11. The minimum absolute atomic E-state index is 0.175. The number of hydrogen-bond donors (Lipinski definition) is 2. The maximum Gasteiger partial charge on any atom is 0.329 e. The van der Waals surface area contributed by atoms with Crippen LogP contribution >= 0.6 is 0 Å². The van der Waals surface area contributed by atoms with Crippen molar-refractivity contribution < 1.29 is 4.79 Å². The zero-order valence-electron chi connectivity index (χ0n) is 13.2. The molecule has 0 unspecified atom stereocenters. The lowest BCUT2D eigenvalue weighted by Crippen LogP contribution is -2.33. The minimum Gasteiger partial charge on any atom is -0.325 e. The molecule has 0 bridgehead atoms. The Kier molecular flexibility index (Phi) is 4.29. The third kappa shape index (κ3) is 3.12. The largest absolute Gasteiger partial charge is 0.329 e. The number of aromatic nitrogens is 2. The van der Waals surface area contributed by atoms with E-state index in [2.05, 4.69) is 17.2 Å². The van der Waals surface area contributed by atoms with E-state index in [1.54, 1.807) is 24.3 Å². The summed E-state index contributed by atoms with van der Waals surface area (Å²) in [6.45, 7) is 1.88. The summed E-state index contributed by atoms with van der Waals surface area (Å²) in [5, 5.41) is 3.13. The maximum atomic E-state index is 12.3. The van der Waals surface area contributed by atoms with Gasteiger partial charge in [-0.05, 0) is 36.2 Å². The van der Waals surface area contributed by atoms with Crippen molar-refractivity contribution in [2.45, 2.75) is 19.9 Å². The highest BCUT2D eigenvalue weighted by molar-refractivity contribution is 5.91. The Hall–Kier alpha value is -3.15. The monoisotopic (exact) mass is 323 g/mol. The second-order valence-corrected chi connectivity index (χ2v) is 5.46. The van der Waals surface area contributed by atoms with Gasteiger partial charge < -0.3 is 5.32 Å². The number of H-pyrrole nitrogens is 1. The van der Waals surface area contributed by atoms with Gasteiger partial charge in [-0.3, -0.25) is 19.1 Å². The van der Waals surface area contributed by atoms with Gasteiger partial charge >= 0.3 is 5.69 Å². The molecule has 0 saturated carbocycles. The van der Waals surface area contributed by atoms with Crippen LogP contribution in [-0.2, 0) is 17.8 Å². The molecule has 0 radical (unpaired) electrons. The van der Waals surface area contributed by atoms with E-state index >= 15 is 0 Å². The molecule has 0 aliphatic rings. The molecular formula is C18H17N3O3. The van der Waals surface area contributed by atoms with E-state index in [-0.39, 0.29) is 12.5 Å². The van der Waals surface area contributed by atoms with Gasteiger partial charge in [0.2, 0.25) is 5.91 Å². The first-order chi connectivity index (χ1) is 11.6. The third-order valence-corrected chi connectivity index (χ3v) is 3.85. The number of aromatic amines is 1. The normalized spacial score (nSPS) is 10.7. The quantitative estimate of drug-likeness (QED) is 0.769. The summed E-state index contributed by atoms with van der Waals surface area (Å²) in [6.07, 6.45) is 0.924. The molecule has 2 N–H and O–H groups in total. The Morgan fingerprint density at radius 1 is 1.08 bits per heavy atom. The number of hydrogen-bond acceptors (Lipinski definition) is 3. The topological polar surface area (TPSA) is 84.0 Å². The molecule has 0 spiro atoms. The predicted molar refractivity (Wildman–Crippen MR) is 93.3 cm³/mol. The van der Waals surface area contributed by atoms with Crippen molar-refractivity contribution in [2.24, 2.45) is 0 Å². The van der Waals surface area contributed by atoms with Crippen molar-refractivity contribution in [1.82, 2.24) is 9.55 Å². The van der Waals surface area contributed by atoms with E-state index in [1.165, 1.54) is 10.1 Å². The molecule has 0 aliphatic heterocycles. The van der Waals surface area contributed by atoms with Crippen LogP contribution in [0.5, 0.6) is 0 Å². The molecule has 0 atom stereocenters. The van der Waals surface area contributed by atoms with Crippen molar-refractivity contribution in [2.75, 3.05) is 5.32 Å². The molecule has 3 rings (SSSR count). The average molecular weight is 323 g/mol. The summed E-state index contributed by atoms with van der Waals surface area (Å²) in [4.78, 5) is 38.4.